The molecule has 0 fully saturated rings. The standard InChI is InChI=1S/C19H19N3O3S/c1-10-16-11(2)20-12(3)21-19(16)26-17(10)18(23)22-13-5-6-14-15(9-13)25-8-4-7-24-14/h5-6,9H,4,7-8H2,1-3H3,(H,22,23). The molecule has 1 N–H and O–H groups in total. The monoisotopic (exact) mass is 369 g/mol. The Morgan fingerprint density at radius 1 is 1.12 bits per heavy atom. The molecular weight excluding hydrogens is 350 g/mol. The zero-order chi connectivity index (χ0) is 18.3. The van der Waals surface area contributed by atoms with Crippen LogP contribution >= 0.6 is 11.3 Å². The number of aryl methyl sites for hydroxylation is 3. The first-order valence-corrected chi connectivity index (χ1v) is 9.30. The zero-order valence-corrected chi connectivity index (χ0v) is 15.7. The molecule has 4 rings (SSSR count). The second-order valence-electron chi connectivity index (χ2n) is 6.26. The first-order chi connectivity index (χ1) is 12.5. The topological polar surface area (TPSA) is 73.3 Å². The van der Waals surface area contributed by atoms with Gasteiger partial charge < -0.3 is 14.8 Å². The molecule has 0 atom stereocenters. The van der Waals surface area contributed by atoms with Crippen molar-refractivity contribution in [3.8, 4) is 11.5 Å². The number of benzene rings is 1. The number of thiophene rings is 1. The van der Waals surface area contributed by atoms with Crippen LogP contribution in [0.5, 0.6) is 11.5 Å². The number of fused-ring (bicyclic) bond motifs is 2. The number of nitrogens with one attached hydrogen (secondary N) is 1. The zero-order valence-electron chi connectivity index (χ0n) is 14.9. The van der Waals surface area contributed by atoms with Gasteiger partial charge in [0.1, 0.15) is 10.7 Å². The summed E-state index contributed by atoms with van der Waals surface area (Å²) in [6.07, 6.45) is 0.844. The summed E-state index contributed by atoms with van der Waals surface area (Å²) in [6, 6.07) is 5.45. The first-order valence-electron chi connectivity index (χ1n) is 8.48. The Hall–Kier alpha value is -2.67. The van der Waals surface area contributed by atoms with Gasteiger partial charge in [-0.3, -0.25) is 4.79 Å². The van der Waals surface area contributed by atoms with Gasteiger partial charge >= 0.3 is 0 Å². The molecule has 6 nitrogen and oxygen atoms in total. The summed E-state index contributed by atoms with van der Waals surface area (Å²) >= 11 is 1.39. The van der Waals surface area contributed by atoms with Crippen LogP contribution in [-0.4, -0.2) is 29.1 Å². The van der Waals surface area contributed by atoms with Crippen LogP contribution in [0.1, 0.15) is 33.2 Å². The summed E-state index contributed by atoms with van der Waals surface area (Å²) in [5, 5.41) is 3.91. The van der Waals surface area contributed by atoms with Crippen LogP contribution in [0.25, 0.3) is 10.2 Å². The molecule has 0 unspecified atom stereocenters. The van der Waals surface area contributed by atoms with Gasteiger partial charge in [-0.2, -0.15) is 0 Å². The van der Waals surface area contributed by atoms with Gasteiger partial charge in [0.2, 0.25) is 0 Å². The molecule has 1 aromatic carbocycles. The van der Waals surface area contributed by atoms with E-state index in [1.165, 1.54) is 11.3 Å². The molecule has 0 spiro atoms. The first kappa shape index (κ1) is 16.8. The molecule has 0 bridgehead atoms. The van der Waals surface area contributed by atoms with E-state index in [1.807, 2.05) is 32.9 Å². The normalized spacial score (nSPS) is 13.5. The second-order valence-corrected chi connectivity index (χ2v) is 7.26. The van der Waals surface area contributed by atoms with Crippen LogP contribution in [0, 0.1) is 20.8 Å². The number of hydrogen-bond donors (Lipinski definition) is 1. The average Bonchev–Trinajstić information content (AvgIpc) is 2.78. The van der Waals surface area contributed by atoms with E-state index in [-0.39, 0.29) is 5.91 Å². The molecule has 134 valence electrons. The van der Waals surface area contributed by atoms with Crippen molar-refractivity contribution in [2.45, 2.75) is 27.2 Å². The Morgan fingerprint density at radius 2 is 1.88 bits per heavy atom. The lowest BCUT2D eigenvalue weighted by Gasteiger charge is -2.10. The molecule has 26 heavy (non-hydrogen) atoms. The lowest BCUT2D eigenvalue weighted by atomic mass is 10.1. The molecule has 0 saturated heterocycles. The lowest BCUT2D eigenvalue weighted by molar-refractivity contribution is 0.103. The Bertz CT molecular complexity index is 1010. The fourth-order valence-corrected chi connectivity index (χ4v) is 4.29. The maximum atomic E-state index is 12.8. The number of ether oxygens (including phenoxy) is 2. The molecule has 0 saturated carbocycles. The van der Waals surface area contributed by atoms with E-state index in [0.717, 1.165) is 27.9 Å². The molecule has 3 heterocycles. The third-order valence-electron chi connectivity index (χ3n) is 4.29. The van der Waals surface area contributed by atoms with Gasteiger partial charge in [-0.15, -0.1) is 11.3 Å². The lowest BCUT2D eigenvalue weighted by Crippen LogP contribution is -2.11. The SMILES string of the molecule is Cc1nc(C)c2c(C)c(C(=O)Nc3ccc4c(c3)OCCCO4)sc2n1. The van der Waals surface area contributed by atoms with Crippen molar-refractivity contribution in [2.24, 2.45) is 0 Å². The van der Waals surface area contributed by atoms with Gasteiger partial charge in [0.15, 0.2) is 11.5 Å². The molecule has 7 heteroatoms. The Kier molecular flexibility index (Phi) is 4.24. The van der Waals surface area contributed by atoms with Crippen LogP contribution in [-0.2, 0) is 0 Å². The van der Waals surface area contributed by atoms with E-state index in [4.69, 9.17) is 9.47 Å². The highest BCUT2D eigenvalue weighted by Crippen LogP contribution is 2.34. The number of carbonyl (C=O) groups is 1. The highest BCUT2D eigenvalue weighted by atomic mass is 32.1. The summed E-state index contributed by atoms with van der Waals surface area (Å²) in [6.45, 7) is 6.99. The number of nitrogens with zero attached hydrogens (tertiary/aromatic N) is 2. The van der Waals surface area contributed by atoms with Crippen molar-refractivity contribution in [1.29, 1.82) is 0 Å². The minimum Gasteiger partial charge on any atom is -0.490 e. The summed E-state index contributed by atoms with van der Waals surface area (Å²) < 4.78 is 11.3. The third-order valence-corrected chi connectivity index (χ3v) is 5.48. The quantitative estimate of drug-likeness (QED) is 0.738. The van der Waals surface area contributed by atoms with Crippen molar-refractivity contribution < 1.29 is 14.3 Å². The number of amides is 1. The van der Waals surface area contributed by atoms with E-state index in [0.29, 0.717) is 41.1 Å². The smallest absolute Gasteiger partial charge is 0.266 e. The minimum absolute atomic E-state index is 0.156. The predicted molar refractivity (Wildman–Crippen MR) is 102 cm³/mol. The summed E-state index contributed by atoms with van der Waals surface area (Å²) in [5.41, 5.74) is 2.49. The van der Waals surface area contributed by atoms with Gasteiger partial charge in [-0.05, 0) is 38.5 Å². The predicted octanol–water partition coefficient (Wildman–Crippen LogP) is 4.03. The summed E-state index contributed by atoms with van der Waals surface area (Å²) in [4.78, 5) is 23.2. The average molecular weight is 369 g/mol. The van der Waals surface area contributed by atoms with Crippen LogP contribution in [0.4, 0.5) is 5.69 Å². The fraction of sp³-hybridized carbons (Fsp3) is 0.316. The molecule has 2 aromatic heterocycles. The van der Waals surface area contributed by atoms with Crippen molar-refractivity contribution in [3.63, 3.8) is 0 Å². The second kappa shape index (κ2) is 6.57. The maximum Gasteiger partial charge on any atom is 0.266 e. The van der Waals surface area contributed by atoms with Crippen LogP contribution in [0.3, 0.4) is 0 Å². The van der Waals surface area contributed by atoms with Crippen LogP contribution < -0.4 is 14.8 Å². The number of carbonyl (C=O) groups excluding carboxylic acids is 1. The molecule has 1 amide bonds. The van der Waals surface area contributed by atoms with Gasteiger partial charge in [-0.1, -0.05) is 0 Å². The van der Waals surface area contributed by atoms with Crippen molar-refractivity contribution in [1.82, 2.24) is 9.97 Å². The third kappa shape index (κ3) is 2.99. The maximum absolute atomic E-state index is 12.8. The molecule has 0 aliphatic carbocycles. The fourth-order valence-electron chi connectivity index (χ4n) is 3.12. The highest BCUT2D eigenvalue weighted by Gasteiger charge is 2.19. The molecule has 3 aromatic rings. The highest BCUT2D eigenvalue weighted by molar-refractivity contribution is 7.20. The summed E-state index contributed by atoms with van der Waals surface area (Å²) in [5.74, 6) is 1.92. The van der Waals surface area contributed by atoms with Gasteiger partial charge in [0, 0.05) is 29.3 Å². The van der Waals surface area contributed by atoms with Gasteiger partial charge in [0.25, 0.3) is 5.91 Å². The Balaban J connectivity index is 1.65. The summed E-state index contributed by atoms with van der Waals surface area (Å²) in [7, 11) is 0. The molecule has 1 aliphatic heterocycles. The van der Waals surface area contributed by atoms with Crippen molar-refractivity contribution >= 4 is 33.1 Å². The van der Waals surface area contributed by atoms with Gasteiger partial charge in [-0.25, -0.2) is 9.97 Å². The Labute approximate surface area is 155 Å². The van der Waals surface area contributed by atoms with Crippen molar-refractivity contribution in [3.05, 3.63) is 40.2 Å². The van der Waals surface area contributed by atoms with E-state index < -0.39 is 0 Å². The molecular formula is C19H19N3O3S. The van der Waals surface area contributed by atoms with Crippen LogP contribution in [0.2, 0.25) is 0 Å². The minimum atomic E-state index is -0.156. The number of anilines is 1. The number of rotatable bonds is 2. The van der Waals surface area contributed by atoms with Crippen molar-refractivity contribution in [2.75, 3.05) is 18.5 Å². The largest absolute Gasteiger partial charge is 0.490 e. The van der Waals surface area contributed by atoms with E-state index in [1.54, 1.807) is 6.07 Å². The molecule has 0 radical (unpaired) electrons. The van der Waals surface area contributed by atoms with E-state index in [2.05, 4.69) is 15.3 Å². The Morgan fingerprint density at radius 3 is 2.69 bits per heavy atom. The van der Waals surface area contributed by atoms with Gasteiger partial charge in [0.05, 0.1) is 18.1 Å². The van der Waals surface area contributed by atoms with E-state index >= 15 is 0 Å². The van der Waals surface area contributed by atoms with Crippen LogP contribution in [0.15, 0.2) is 18.2 Å². The van der Waals surface area contributed by atoms with E-state index in [9.17, 15) is 4.79 Å². The number of hydrogen-bond acceptors (Lipinski definition) is 6. The molecule has 1 aliphatic rings. The number of aromatic nitrogens is 2.